The summed E-state index contributed by atoms with van der Waals surface area (Å²) in [5.41, 5.74) is 1.41. The van der Waals surface area contributed by atoms with E-state index in [1.165, 1.54) is 30.5 Å². The van der Waals surface area contributed by atoms with Crippen molar-refractivity contribution in [3.63, 3.8) is 0 Å². The summed E-state index contributed by atoms with van der Waals surface area (Å²) in [5, 5.41) is 4.68. The van der Waals surface area contributed by atoms with E-state index >= 15 is 0 Å². The Hall–Kier alpha value is -3.33. The van der Waals surface area contributed by atoms with Gasteiger partial charge < -0.3 is 9.29 Å². The fourth-order valence-electron chi connectivity index (χ4n) is 3.10. The molecule has 1 heterocycles. The van der Waals surface area contributed by atoms with E-state index < -0.39 is 22.5 Å². The van der Waals surface area contributed by atoms with Crippen LogP contribution in [0, 0.1) is 5.82 Å². The Bertz CT molecular complexity index is 1360. The van der Waals surface area contributed by atoms with Crippen molar-refractivity contribution in [2.75, 3.05) is 0 Å². The highest BCUT2D eigenvalue weighted by Gasteiger charge is 2.17. The number of ether oxygens (including phenoxy) is 1. The lowest BCUT2D eigenvalue weighted by Crippen LogP contribution is -2.22. The Morgan fingerprint density at radius 1 is 1.06 bits per heavy atom. The van der Waals surface area contributed by atoms with E-state index in [2.05, 4.69) is 5.10 Å². The van der Waals surface area contributed by atoms with Crippen LogP contribution < -0.4 is 10.3 Å². The summed E-state index contributed by atoms with van der Waals surface area (Å²) in [6, 6.07) is 18.7. The molecule has 0 amide bonds. The second-order valence-electron chi connectivity index (χ2n) is 6.79. The van der Waals surface area contributed by atoms with Gasteiger partial charge in [-0.1, -0.05) is 59.1 Å². The highest BCUT2D eigenvalue weighted by atomic mass is 35.5. The van der Waals surface area contributed by atoms with Crippen LogP contribution >= 0.6 is 11.6 Å². The number of halogens is 2. The average molecular weight is 470 g/mol. The lowest BCUT2D eigenvalue weighted by molar-refractivity contribution is 0.465. The molecular weight excluding hydrogens is 455 g/mol. The summed E-state index contributed by atoms with van der Waals surface area (Å²) < 4.78 is 42.5. The van der Waals surface area contributed by atoms with E-state index in [1.54, 1.807) is 48.5 Å². The number of hydrogen-bond acceptors (Lipinski definition) is 5. The Morgan fingerprint density at radius 3 is 2.50 bits per heavy atom. The molecule has 1 atom stereocenters. The quantitative estimate of drug-likeness (QED) is 0.376. The normalized spacial score (nSPS) is 11.8. The van der Waals surface area contributed by atoms with E-state index in [0.29, 0.717) is 27.4 Å². The minimum Gasteiger partial charge on any atom is -0.772 e. The van der Waals surface area contributed by atoms with Crippen molar-refractivity contribution < 1.29 is 17.9 Å². The fourth-order valence-corrected chi connectivity index (χ4v) is 3.75. The molecule has 0 aliphatic carbocycles. The van der Waals surface area contributed by atoms with Crippen molar-refractivity contribution in [3.8, 4) is 28.3 Å². The van der Waals surface area contributed by atoms with Gasteiger partial charge >= 0.3 is 5.56 Å². The molecule has 0 aliphatic heterocycles. The highest BCUT2D eigenvalue weighted by molar-refractivity contribution is 7.78. The van der Waals surface area contributed by atoms with Crippen LogP contribution in [0.2, 0.25) is 5.02 Å². The van der Waals surface area contributed by atoms with Crippen molar-refractivity contribution in [1.82, 2.24) is 9.78 Å². The number of hydrogen-bond donors (Lipinski definition) is 0. The van der Waals surface area contributed by atoms with Crippen LogP contribution in [-0.4, -0.2) is 18.5 Å². The molecule has 0 saturated heterocycles. The maximum Gasteiger partial charge on any atom is 0.315 e. The first kappa shape index (κ1) is 21.9. The zero-order chi connectivity index (χ0) is 22.7. The second-order valence-corrected chi connectivity index (χ2v) is 8.12. The van der Waals surface area contributed by atoms with Crippen LogP contribution in [0.4, 0.5) is 4.39 Å². The molecule has 0 aliphatic rings. The van der Waals surface area contributed by atoms with Crippen molar-refractivity contribution in [3.05, 3.63) is 106 Å². The van der Waals surface area contributed by atoms with Gasteiger partial charge in [0.25, 0.3) is 0 Å². The molecule has 9 heteroatoms. The predicted molar refractivity (Wildman–Crippen MR) is 119 cm³/mol. The predicted octanol–water partition coefficient (Wildman–Crippen LogP) is 4.86. The zero-order valence-corrected chi connectivity index (χ0v) is 18.0. The van der Waals surface area contributed by atoms with Crippen LogP contribution in [0.25, 0.3) is 16.8 Å². The molecule has 1 unspecified atom stereocenters. The van der Waals surface area contributed by atoms with E-state index in [1.807, 2.05) is 0 Å². The van der Waals surface area contributed by atoms with Crippen LogP contribution in [0.15, 0.2) is 83.8 Å². The monoisotopic (exact) mass is 469 g/mol. The first-order chi connectivity index (χ1) is 15.4. The van der Waals surface area contributed by atoms with E-state index in [4.69, 9.17) is 16.3 Å². The van der Waals surface area contributed by atoms with Gasteiger partial charge in [-0.25, -0.2) is 4.39 Å². The molecule has 0 fully saturated rings. The molecule has 0 radical (unpaired) electrons. The fraction of sp³-hybridized carbons (Fsp3) is 0.0435. The SMILES string of the molecule is O=c1c(Oc2cccc(F)c2)c(-c2ccc(CS(=O)[O-])cc2)cnn1-c1cccc(Cl)c1. The van der Waals surface area contributed by atoms with E-state index in [9.17, 15) is 17.9 Å². The summed E-state index contributed by atoms with van der Waals surface area (Å²) in [6.45, 7) is 0. The lowest BCUT2D eigenvalue weighted by atomic mass is 10.1. The van der Waals surface area contributed by atoms with Crippen molar-refractivity contribution in [2.24, 2.45) is 0 Å². The smallest absolute Gasteiger partial charge is 0.315 e. The van der Waals surface area contributed by atoms with E-state index in [0.717, 1.165) is 4.68 Å². The zero-order valence-electron chi connectivity index (χ0n) is 16.4. The summed E-state index contributed by atoms with van der Waals surface area (Å²) in [7, 11) is 0. The van der Waals surface area contributed by atoms with E-state index in [-0.39, 0.29) is 17.3 Å². The second kappa shape index (κ2) is 9.44. The molecule has 4 aromatic rings. The summed E-state index contributed by atoms with van der Waals surface area (Å²) >= 11 is 3.83. The third kappa shape index (κ3) is 4.94. The topological polar surface area (TPSA) is 84.2 Å². The molecule has 0 saturated carbocycles. The maximum atomic E-state index is 13.7. The van der Waals surface area contributed by atoms with Gasteiger partial charge in [-0.2, -0.15) is 9.78 Å². The number of aromatic nitrogens is 2. The molecule has 0 spiro atoms. The molecule has 1 aromatic heterocycles. The van der Waals surface area contributed by atoms with Gasteiger partial charge in [-0.3, -0.25) is 9.00 Å². The summed E-state index contributed by atoms with van der Waals surface area (Å²) in [6.07, 6.45) is 1.46. The molecular formula is C23H15ClFN2O4S-. The van der Waals surface area contributed by atoms with Crippen LogP contribution in [0.1, 0.15) is 5.56 Å². The standard InChI is InChI=1S/C23H16ClFN2O4S/c24-17-3-1-5-19(11-17)27-23(28)22(31-20-6-2-4-18(25)12-20)21(13-26-27)16-9-7-15(8-10-16)14-32(29)30/h1-13H,14H2,(H,29,30)/p-1. The van der Waals surface area contributed by atoms with Gasteiger partial charge in [-0.05, 0) is 41.5 Å². The Labute approximate surface area is 190 Å². The summed E-state index contributed by atoms with van der Waals surface area (Å²) in [4.78, 5) is 13.3. The minimum absolute atomic E-state index is 0.0641. The molecule has 0 N–H and O–H groups in total. The third-order valence-electron chi connectivity index (χ3n) is 4.55. The molecule has 4 rings (SSSR count). The largest absolute Gasteiger partial charge is 0.772 e. The van der Waals surface area contributed by atoms with Gasteiger partial charge in [0.1, 0.15) is 11.6 Å². The third-order valence-corrected chi connectivity index (χ3v) is 5.36. The van der Waals surface area contributed by atoms with Crippen LogP contribution in [-0.2, 0) is 16.8 Å². The molecule has 0 bridgehead atoms. The van der Waals surface area contributed by atoms with Crippen molar-refractivity contribution in [1.29, 1.82) is 0 Å². The van der Waals surface area contributed by atoms with Crippen molar-refractivity contribution >= 4 is 22.7 Å². The Balaban J connectivity index is 1.84. The Morgan fingerprint density at radius 2 is 1.81 bits per heavy atom. The highest BCUT2D eigenvalue weighted by Crippen LogP contribution is 2.31. The lowest BCUT2D eigenvalue weighted by Gasteiger charge is -2.14. The van der Waals surface area contributed by atoms with Crippen molar-refractivity contribution in [2.45, 2.75) is 5.75 Å². The van der Waals surface area contributed by atoms with Crippen LogP contribution in [0.3, 0.4) is 0 Å². The summed E-state index contributed by atoms with van der Waals surface area (Å²) in [5.74, 6) is -0.554. The maximum absolute atomic E-state index is 13.7. The molecule has 162 valence electrons. The van der Waals surface area contributed by atoms with Gasteiger partial charge in [0.05, 0.1) is 17.4 Å². The molecule has 6 nitrogen and oxygen atoms in total. The molecule has 32 heavy (non-hydrogen) atoms. The Kier molecular flexibility index (Phi) is 6.45. The first-order valence-electron chi connectivity index (χ1n) is 9.37. The average Bonchev–Trinajstić information content (AvgIpc) is 2.75. The van der Waals surface area contributed by atoms with Gasteiger partial charge in [0, 0.05) is 16.8 Å². The van der Waals surface area contributed by atoms with Gasteiger partial charge in [0.15, 0.2) is 0 Å². The number of nitrogens with zero attached hydrogens (tertiary/aromatic N) is 2. The van der Waals surface area contributed by atoms with Gasteiger partial charge in [0.2, 0.25) is 5.75 Å². The first-order valence-corrected chi connectivity index (χ1v) is 11.0. The number of rotatable bonds is 6. The molecule has 3 aromatic carbocycles. The number of benzene rings is 3. The van der Waals surface area contributed by atoms with Gasteiger partial charge in [-0.15, -0.1) is 0 Å². The minimum atomic E-state index is -2.22. The van der Waals surface area contributed by atoms with Crippen LogP contribution in [0.5, 0.6) is 11.5 Å².